The Morgan fingerprint density at radius 2 is 1.96 bits per heavy atom. The molecule has 0 aliphatic rings. The first-order chi connectivity index (χ1) is 11.5. The molecule has 3 rings (SSSR count). The van der Waals surface area contributed by atoms with Gasteiger partial charge in [-0.05, 0) is 38.1 Å². The molecule has 3 aromatic rings. The topological polar surface area (TPSA) is 81.9 Å². The molecule has 0 fully saturated rings. The molecule has 0 saturated heterocycles. The first kappa shape index (κ1) is 16.1. The lowest BCUT2D eigenvalue weighted by Gasteiger charge is -2.02. The maximum absolute atomic E-state index is 12.5. The number of amides is 1. The van der Waals surface area contributed by atoms with Gasteiger partial charge >= 0.3 is 0 Å². The van der Waals surface area contributed by atoms with Crippen molar-refractivity contribution in [3.05, 3.63) is 41.2 Å². The number of rotatable bonds is 4. The Kier molecular flexibility index (Phi) is 4.30. The predicted octanol–water partition coefficient (Wildman–Crippen LogP) is 2.82. The van der Waals surface area contributed by atoms with Crippen LogP contribution in [-0.4, -0.2) is 32.2 Å². The van der Waals surface area contributed by atoms with Gasteiger partial charge in [0, 0.05) is 29.8 Å². The second-order valence-electron chi connectivity index (χ2n) is 5.28. The molecule has 1 amide bonds. The van der Waals surface area contributed by atoms with Crippen LogP contribution in [0.1, 0.15) is 21.7 Å². The molecule has 0 radical (unpaired) electrons. The van der Waals surface area contributed by atoms with Crippen LogP contribution >= 0.6 is 11.5 Å². The van der Waals surface area contributed by atoms with E-state index in [9.17, 15) is 4.79 Å². The van der Waals surface area contributed by atoms with Crippen LogP contribution in [0, 0.1) is 13.8 Å². The number of benzene rings is 1. The Bertz CT molecular complexity index is 883. The van der Waals surface area contributed by atoms with Crippen LogP contribution in [0.3, 0.4) is 0 Å². The van der Waals surface area contributed by atoms with Crippen LogP contribution in [0.5, 0.6) is 5.75 Å². The van der Waals surface area contributed by atoms with E-state index >= 15 is 0 Å². The Labute approximate surface area is 143 Å². The molecule has 0 aliphatic carbocycles. The van der Waals surface area contributed by atoms with E-state index < -0.39 is 0 Å². The Hall–Kier alpha value is -2.74. The highest BCUT2D eigenvalue weighted by molar-refractivity contribution is 7.10. The highest BCUT2D eigenvalue weighted by Gasteiger charge is 2.19. The molecule has 0 bridgehead atoms. The average Bonchev–Trinajstić information content (AvgIpc) is 3.12. The number of aromatic nitrogens is 4. The van der Waals surface area contributed by atoms with Gasteiger partial charge < -0.3 is 4.74 Å². The lowest BCUT2D eigenvalue weighted by atomic mass is 10.2. The molecule has 7 nitrogen and oxygen atoms in total. The van der Waals surface area contributed by atoms with Crippen molar-refractivity contribution in [3.63, 3.8) is 0 Å². The molecule has 24 heavy (non-hydrogen) atoms. The standard InChI is InChI=1S/C16H17N5O2S/c1-9-13(10(2)21(3)19-9)15(22)18-16-17-14(20-24-16)11-5-7-12(23-4)8-6-11/h5-8H,1-4H3,(H,17,18,20,22). The van der Waals surface area contributed by atoms with Crippen molar-refractivity contribution >= 4 is 22.6 Å². The largest absolute Gasteiger partial charge is 0.497 e. The third-order valence-corrected chi connectivity index (χ3v) is 4.36. The fourth-order valence-electron chi connectivity index (χ4n) is 2.39. The molecule has 1 N–H and O–H groups in total. The van der Waals surface area contributed by atoms with Crippen molar-refractivity contribution in [2.24, 2.45) is 7.05 Å². The van der Waals surface area contributed by atoms with E-state index in [4.69, 9.17) is 4.74 Å². The normalized spacial score (nSPS) is 10.7. The quantitative estimate of drug-likeness (QED) is 0.788. The van der Waals surface area contributed by atoms with E-state index in [1.54, 1.807) is 11.8 Å². The minimum Gasteiger partial charge on any atom is -0.497 e. The highest BCUT2D eigenvalue weighted by Crippen LogP contribution is 2.24. The summed E-state index contributed by atoms with van der Waals surface area (Å²) in [5, 5.41) is 7.50. The SMILES string of the molecule is COc1ccc(-c2nsc(NC(=O)c3c(C)nn(C)c3C)n2)cc1. The maximum atomic E-state index is 12.5. The molecular formula is C16H17N5O2S. The lowest BCUT2D eigenvalue weighted by molar-refractivity contribution is 0.102. The summed E-state index contributed by atoms with van der Waals surface area (Å²) in [5.41, 5.74) is 2.93. The number of nitrogens with one attached hydrogen (secondary N) is 1. The minimum absolute atomic E-state index is 0.226. The van der Waals surface area contributed by atoms with E-state index in [2.05, 4.69) is 19.8 Å². The molecule has 8 heteroatoms. The van der Waals surface area contributed by atoms with Gasteiger partial charge in [0.25, 0.3) is 5.91 Å². The summed E-state index contributed by atoms with van der Waals surface area (Å²) in [5.74, 6) is 1.11. The first-order valence-electron chi connectivity index (χ1n) is 7.29. The van der Waals surface area contributed by atoms with Gasteiger partial charge in [0.1, 0.15) is 5.75 Å². The van der Waals surface area contributed by atoms with Crippen molar-refractivity contribution in [2.45, 2.75) is 13.8 Å². The zero-order chi connectivity index (χ0) is 17.3. The zero-order valence-corrected chi connectivity index (χ0v) is 14.6. The van der Waals surface area contributed by atoms with Crippen LogP contribution in [-0.2, 0) is 7.05 Å². The number of hydrogen-bond donors (Lipinski definition) is 1. The van der Waals surface area contributed by atoms with Crippen molar-refractivity contribution in [3.8, 4) is 17.1 Å². The summed E-state index contributed by atoms with van der Waals surface area (Å²) in [6, 6.07) is 7.44. The monoisotopic (exact) mass is 343 g/mol. The van der Waals surface area contributed by atoms with E-state index in [0.29, 0.717) is 22.2 Å². The number of methoxy groups -OCH3 is 1. The minimum atomic E-state index is -0.226. The van der Waals surface area contributed by atoms with Crippen LogP contribution in [0.2, 0.25) is 0 Å². The Morgan fingerprint density at radius 3 is 2.54 bits per heavy atom. The molecule has 0 atom stereocenters. The van der Waals surface area contributed by atoms with E-state index in [-0.39, 0.29) is 5.91 Å². The summed E-state index contributed by atoms with van der Waals surface area (Å²) < 4.78 is 11.1. The average molecular weight is 343 g/mol. The number of carbonyl (C=O) groups excluding carboxylic acids is 1. The van der Waals surface area contributed by atoms with Gasteiger partial charge in [-0.3, -0.25) is 14.8 Å². The van der Waals surface area contributed by atoms with Gasteiger partial charge in [-0.1, -0.05) is 0 Å². The van der Waals surface area contributed by atoms with Gasteiger partial charge in [0.2, 0.25) is 5.13 Å². The van der Waals surface area contributed by atoms with Crippen molar-refractivity contribution in [1.82, 2.24) is 19.1 Å². The first-order valence-corrected chi connectivity index (χ1v) is 8.06. The third kappa shape index (κ3) is 3.00. The van der Waals surface area contributed by atoms with Crippen LogP contribution < -0.4 is 10.1 Å². The van der Waals surface area contributed by atoms with Crippen LogP contribution in [0.25, 0.3) is 11.4 Å². The summed E-state index contributed by atoms with van der Waals surface area (Å²) >= 11 is 1.14. The summed E-state index contributed by atoms with van der Waals surface area (Å²) in [6.45, 7) is 3.67. The summed E-state index contributed by atoms with van der Waals surface area (Å²) in [6.07, 6.45) is 0. The molecule has 0 aliphatic heterocycles. The fraction of sp³-hybridized carbons (Fsp3) is 0.250. The van der Waals surface area contributed by atoms with Gasteiger partial charge in [-0.15, -0.1) is 0 Å². The van der Waals surface area contributed by atoms with E-state index in [1.807, 2.05) is 45.2 Å². The van der Waals surface area contributed by atoms with Crippen molar-refractivity contribution < 1.29 is 9.53 Å². The maximum Gasteiger partial charge on any atom is 0.261 e. The van der Waals surface area contributed by atoms with Crippen LogP contribution in [0.15, 0.2) is 24.3 Å². The number of aryl methyl sites for hydroxylation is 2. The second-order valence-corrected chi connectivity index (χ2v) is 6.03. The fourth-order valence-corrected chi connectivity index (χ4v) is 2.98. The van der Waals surface area contributed by atoms with Gasteiger partial charge in [-0.2, -0.15) is 14.5 Å². The third-order valence-electron chi connectivity index (χ3n) is 3.73. The van der Waals surface area contributed by atoms with Gasteiger partial charge in [0.15, 0.2) is 5.82 Å². The molecule has 2 aromatic heterocycles. The van der Waals surface area contributed by atoms with Crippen molar-refractivity contribution in [2.75, 3.05) is 12.4 Å². The number of hydrogen-bond acceptors (Lipinski definition) is 6. The number of carbonyl (C=O) groups is 1. The molecular weight excluding hydrogens is 326 g/mol. The smallest absolute Gasteiger partial charge is 0.261 e. The second kappa shape index (κ2) is 6.40. The zero-order valence-electron chi connectivity index (χ0n) is 13.8. The highest BCUT2D eigenvalue weighted by atomic mass is 32.1. The molecule has 1 aromatic carbocycles. The number of ether oxygens (including phenoxy) is 1. The van der Waals surface area contributed by atoms with E-state index in [1.165, 1.54) is 0 Å². The lowest BCUT2D eigenvalue weighted by Crippen LogP contribution is -2.13. The molecule has 0 spiro atoms. The number of anilines is 1. The Morgan fingerprint density at radius 1 is 1.25 bits per heavy atom. The Balaban J connectivity index is 1.79. The predicted molar refractivity (Wildman–Crippen MR) is 92.5 cm³/mol. The van der Waals surface area contributed by atoms with Gasteiger partial charge in [0.05, 0.1) is 18.4 Å². The molecule has 124 valence electrons. The number of nitrogens with zero attached hydrogens (tertiary/aromatic N) is 4. The van der Waals surface area contributed by atoms with Crippen LogP contribution in [0.4, 0.5) is 5.13 Å². The summed E-state index contributed by atoms with van der Waals surface area (Å²) in [4.78, 5) is 16.8. The molecule has 0 unspecified atom stereocenters. The van der Waals surface area contributed by atoms with Crippen molar-refractivity contribution in [1.29, 1.82) is 0 Å². The molecule has 0 saturated carbocycles. The molecule has 2 heterocycles. The van der Waals surface area contributed by atoms with Gasteiger partial charge in [-0.25, -0.2) is 0 Å². The van der Waals surface area contributed by atoms with E-state index in [0.717, 1.165) is 28.5 Å². The summed E-state index contributed by atoms with van der Waals surface area (Å²) in [7, 11) is 3.43.